The monoisotopic (exact) mass is 287 g/mol. The normalized spacial score (nSPS) is 10.7. The molecule has 0 radical (unpaired) electrons. The minimum absolute atomic E-state index is 0.743. The first-order valence-electron chi connectivity index (χ1n) is 6.81. The van der Waals surface area contributed by atoms with Gasteiger partial charge in [-0.05, 0) is 30.7 Å². The average molecular weight is 287 g/mol. The lowest BCUT2D eigenvalue weighted by Gasteiger charge is -2.10. The van der Waals surface area contributed by atoms with Gasteiger partial charge in [0.25, 0.3) is 0 Å². The van der Waals surface area contributed by atoms with Crippen LogP contribution in [0.4, 0.5) is 0 Å². The number of benzene rings is 2. The van der Waals surface area contributed by atoms with Crippen molar-refractivity contribution >= 4 is 11.8 Å². The second-order valence-electron chi connectivity index (χ2n) is 4.69. The zero-order chi connectivity index (χ0) is 14.2. The summed E-state index contributed by atoms with van der Waals surface area (Å²) in [5.74, 6) is 0. The van der Waals surface area contributed by atoms with Gasteiger partial charge in [-0.1, -0.05) is 47.7 Å². The van der Waals surface area contributed by atoms with Gasteiger partial charge in [0.15, 0.2) is 0 Å². The molecule has 0 aliphatic rings. The quantitative estimate of drug-likeness (QED) is 0.781. The number of rotatable bonds is 7. The highest BCUT2D eigenvalue weighted by molar-refractivity contribution is 7.99. The first kappa shape index (κ1) is 15.1. The predicted molar refractivity (Wildman–Crippen MR) is 85.3 cm³/mol. The number of hydrogen-bond donors (Lipinski definition) is 1. The molecule has 106 valence electrons. The van der Waals surface area contributed by atoms with Crippen molar-refractivity contribution in [3.8, 4) is 0 Å². The maximum Gasteiger partial charge on any atom is 0.0587 e. The molecule has 0 fully saturated rings. The minimum Gasteiger partial charge on any atom is -0.383 e. The van der Waals surface area contributed by atoms with Gasteiger partial charge in [0, 0.05) is 30.0 Å². The van der Waals surface area contributed by atoms with Gasteiger partial charge >= 0.3 is 0 Å². The SMILES string of the molecule is COCCNCc1ccccc1Sc1ccc(C)cc1. The Kier molecular flexibility index (Phi) is 6.12. The number of methoxy groups -OCH3 is 1. The molecule has 0 amide bonds. The van der Waals surface area contributed by atoms with Crippen LogP contribution in [0.2, 0.25) is 0 Å². The summed E-state index contributed by atoms with van der Waals surface area (Å²) in [7, 11) is 1.73. The summed E-state index contributed by atoms with van der Waals surface area (Å²) < 4.78 is 5.05. The Morgan fingerprint density at radius 3 is 2.55 bits per heavy atom. The fraction of sp³-hybridized carbons (Fsp3) is 0.294. The van der Waals surface area contributed by atoms with Gasteiger partial charge in [-0.15, -0.1) is 0 Å². The van der Waals surface area contributed by atoms with Crippen LogP contribution in [0.3, 0.4) is 0 Å². The Morgan fingerprint density at radius 1 is 1.05 bits per heavy atom. The van der Waals surface area contributed by atoms with E-state index in [-0.39, 0.29) is 0 Å². The number of aryl methyl sites for hydroxylation is 1. The fourth-order valence-electron chi connectivity index (χ4n) is 1.88. The molecular formula is C17H21NOS. The van der Waals surface area contributed by atoms with Gasteiger partial charge in [-0.3, -0.25) is 0 Å². The van der Waals surface area contributed by atoms with Crippen LogP contribution in [-0.4, -0.2) is 20.3 Å². The van der Waals surface area contributed by atoms with E-state index in [0.717, 1.165) is 19.7 Å². The van der Waals surface area contributed by atoms with Gasteiger partial charge in [-0.25, -0.2) is 0 Å². The van der Waals surface area contributed by atoms with E-state index < -0.39 is 0 Å². The molecule has 0 saturated heterocycles. The van der Waals surface area contributed by atoms with Crippen molar-refractivity contribution in [2.75, 3.05) is 20.3 Å². The summed E-state index contributed by atoms with van der Waals surface area (Å²) in [5, 5.41) is 3.40. The molecule has 20 heavy (non-hydrogen) atoms. The fourth-order valence-corrected chi connectivity index (χ4v) is 2.82. The first-order valence-corrected chi connectivity index (χ1v) is 7.63. The Labute approximate surface area is 125 Å². The van der Waals surface area contributed by atoms with E-state index >= 15 is 0 Å². The molecule has 0 bridgehead atoms. The van der Waals surface area contributed by atoms with Crippen LogP contribution >= 0.6 is 11.8 Å². The third kappa shape index (κ3) is 4.67. The number of nitrogens with one attached hydrogen (secondary N) is 1. The Balaban J connectivity index is 2.01. The van der Waals surface area contributed by atoms with Gasteiger partial charge in [0.2, 0.25) is 0 Å². The van der Waals surface area contributed by atoms with Crippen molar-refractivity contribution in [2.45, 2.75) is 23.3 Å². The molecule has 0 atom stereocenters. The lowest BCUT2D eigenvalue weighted by atomic mass is 10.2. The molecule has 2 aromatic carbocycles. The molecular weight excluding hydrogens is 266 g/mol. The Morgan fingerprint density at radius 2 is 1.80 bits per heavy atom. The van der Waals surface area contributed by atoms with Crippen LogP contribution in [0.1, 0.15) is 11.1 Å². The summed E-state index contributed by atoms with van der Waals surface area (Å²) in [6.07, 6.45) is 0. The van der Waals surface area contributed by atoms with Crippen LogP contribution < -0.4 is 5.32 Å². The third-order valence-corrected chi connectivity index (χ3v) is 4.15. The molecule has 0 heterocycles. The summed E-state index contributed by atoms with van der Waals surface area (Å²) in [4.78, 5) is 2.58. The molecule has 0 spiro atoms. The molecule has 0 saturated carbocycles. The largest absolute Gasteiger partial charge is 0.383 e. The highest BCUT2D eigenvalue weighted by atomic mass is 32.2. The topological polar surface area (TPSA) is 21.3 Å². The van der Waals surface area contributed by atoms with E-state index in [1.807, 2.05) is 11.8 Å². The van der Waals surface area contributed by atoms with Crippen LogP contribution in [-0.2, 0) is 11.3 Å². The van der Waals surface area contributed by atoms with E-state index in [9.17, 15) is 0 Å². The lowest BCUT2D eigenvalue weighted by molar-refractivity contribution is 0.199. The van der Waals surface area contributed by atoms with Gasteiger partial charge in [0.05, 0.1) is 6.61 Å². The molecule has 1 N–H and O–H groups in total. The summed E-state index contributed by atoms with van der Waals surface area (Å²) in [6, 6.07) is 17.2. The molecule has 0 aliphatic heterocycles. The summed E-state index contributed by atoms with van der Waals surface area (Å²) >= 11 is 1.82. The van der Waals surface area contributed by atoms with Crippen molar-refractivity contribution in [3.05, 3.63) is 59.7 Å². The van der Waals surface area contributed by atoms with E-state index in [4.69, 9.17) is 4.74 Å². The molecule has 0 aliphatic carbocycles. The highest BCUT2D eigenvalue weighted by Gasteiger charge is 2.03. The Bertz CT molecular complexity index is 525. The van der Waals surface area contributed by atoms with Crippen LogP contribution in [0, 0.1) is 6.92 Å². The molecule has 2 rings (SSSR count). The van der Waals surface area contributed by atoms with Crippen molar-refractivity contribution < 1.29 is 4.74 Å². The molecule has 3 heteroatoms. The van der Waals surface area contributed by atoms with Crippen molar-refractivity contribution in [1.82, 2.24) is 5.32 Å². The predicted octanol–water partition coefficient (Wildman–Crippen LogP) is 3.88. The smallest absolute Gasteiger partial charge is 0.0587 e. The lowest BCUT2D eigenvalue weighted by Crippen LogP contribution is -2.18. The molecule has 2 nitrogen and oxygen atoms in total. The molecule has 0 aromatic heterocycles. The Hall–Kier alpha value is -1.29. The second kappa shape index (κ2) is 8.10. The zero-order valence-corrected chi connectivity index (χ0v) is 12.9. The van der Waals surface area contributed by atoms with E-state index in [1.165, 1.54) is 20.9 Å². The second-order valence-corrected chi connectivity index (χ2v) is 5.81. The minimum atomic E-state index is 0.743. The van der Waals surface area contributed by atoms with Crippen LogP contribution in [0.5, 0.6) is 0 Å². The van der Waals surface area contributed by atoms with Gasteiger partial charge in [0.1, 0.15) is 0 Å². The highest BCUT2D eigenvalue weighted by Crippen LogP contribution is 2.30. The van der Waals surface area contributed by atoms with Crippen molar-refractivity contribution in [2.24, 2.45) is 0 Å². The zero-order valence-electron chi connectivity index (χ0n) is 12.1. The van der Waals surface area contributed by atoms with Crippen LogP contribution in [0.15, 0.2) is 58.3 Å². The summed E-state index contributed by atoms with van der Waals surface area (Å²) in [6.45, 7) is 4.60. The van der Waals surface area contributed by atoms with E-state index in [0.29, 0.717) is 0 Å². The number of ether oxygens (including phenoxy) is 1. The van der Waals surface area contributed by atoms with Crippen molar-refractivity contribution in [3.63, 3.8) is 0 Å². The summed E-state index contributed by atoms with van der Waals surface area (Å²) in [5.41, 5.74) is 2.62. The standard InChI is InChI=1S/C17H21NOS/c1-14-7-9-16(10-8-14)20-17-6-4-3-5-15(17)13-18-11-12-19-2/h3-10,18H,11-13H2,1-2H3. The third-order valence-electron chi connectivity index (χ3n) is 3.02. The van der Waals surface area contributed by atoms with Crippen LogP contribution in [0.25, 0.3) is 0 Å². The average Bonchev–Trinajstić information content (AvgIpc) is 2.47. The first-order chi connectivity index (χ1) is 9.79. The van der Waals surface area contributed by atoms with E-state index in [2.05, 4.69) is 60.8 Å². The molecule has 0 unspecified atom stereocenters. The van der Waals surface area contributed by atoms with Gasteiger partial charge < -0.3 is 10.1 Å². The van der Waals surface area contributed by atoms with Crippen molar-refractivity contribution in [1.29, 1.82) is 0 Å². The van der Waals surface area contributed by atoms with Gasteiger partial charge in [-0.2, -0.15) is 0 Å². The van der Waals surface area contributed by atoms with E-state index in [1.54, 1.807) is 7.11 Å². The molecule has 2 aromatic rings. The maximum atomic E-state index is 5.05. The maximum absolute atomic E-state index is 5.05. The number of hydrogen-bond acceptors (Lipinski definition) is 3.